The first-order valence-corrected chi connectivity index (χ1v) is 9.21. The molecule has 0 radical (unpaired) electrons. The van der Waals surface area contributed by atoms with Crippen LogP contribution in [-0.2, 0) is 11.2 Å². The Hall–Kier alpha value is -3.28. The van der Waals surface area contributed by atoms with E-state index in [1.807, 2.05) is 61.5 Å². The van der Waals surface area contributed by atoms with Gasteiger partial charge in [0.05, 0.1) is 19.3 Å². The van der Waals surface area contributed by atoms with Gasteiger partial charge >= 0.3 is 0 Å². The van der Waals surface area contributed by atoms with Gasteiger partial charge in [-0.05, 0) is 43.3 Å². The van der Waals surface area contributed by atoms with Gasteiger partial charge in [-0.15, -0.1) is 0 Å². The van der Waals surface area contributed by atoms with E-state index in [0.717, 1.165) is 28.5 Å². The predicted octanol–water partition coefficient (Wildman–Crippen LogP) is 3.79. The molecule has 2 aromatic carbocycles. The average Bonchev–Trinajstić information content (AvgIpc) is 3.11. The van der Waals surface area contributed by atoms with Crippen LogP contribution in [0.15, 0.2) is 59.0 Å². The zero-order chi connectivity index (χ0) is 19.8. The molecule has 28 heavy (non-hydrogen) atoms. The molecule has 3 aromatic rings. The summed E-state index contributed by atoms with van der Waals surface area (Å²) < 4.78 is 16.4. The number of carbonyl (C=O) groups excluding carboxylic acids is 1. The molecular weight excluding hydrogens is 356 g/mol. The Kier molecular flexibility index (Phi) is 6.68. The molecule has 0 spiro atoms. The van der Waals surface area contributed by atoms with Crippen LogP contribution in [0.4, 0.5) is 0 Å². The highest BCUT2D eigenvalue weighted by Gasteiger charge is 2.12. The Balaban J connectivity index is 1.40. The second-order valence-electron chi connectivity index (χ2n) is 6.26. The number of carbonyl (C=O) groups is 1. The smallest absolute Gasteiger partial charge is 0.226 e. The minimum absolute atomic E-state index is 0.0398. The molecular formula is C22H24N2O4. The maximum Gasteiger partial charge on any atom is 0.226 e. The summed E-state index contributed by atoms with van der Waals surface area (Å²) in [6, 6.07) is 17.1. The molecule has 146 valence electrons. The molecule has 1 N–H and O–H groups in total. The molecule has 6 nitrogen and oxygen atoms in total. The molecule has 0 aliphatic heterocycles. The Morgan fingerprint density at radius 3 is 2.50 bits per heavy atom. The number of aryl methyl sites for hydroxylation is 2. The third-order valence-electron chi connectivity index (χ3n) is 4.25. The van der Waals surface area contributed by atoms with E-state index in [-0.39, 0.29) is 5.91 Å². The highest BCUT2D eigenvalue weighted by Crippen LogP contribution is 2.22. The fraction of sp³-hybridized carbons (Fsp3) is 0.273. The molecule has 0 bridgehead atoms. The van der Waals surface area contributed by atoms with Crippen molar-refractivity contribution >= 4 is 5.91 Å². The van der Waals surface area contributed by atoms with E-state index in [1.165, 1.54) is 0 Å². The number of amides is 1. The number of rotatable bonds is 9. The lowest BCUT2D eigenvalue weighted by Gasteiger charge is -2.08. The Labute approximate surface area is 164 Å². The summed E-state index contributed by atoms with van der Waals surface area (Å²) in [5, 5.41) is 2.86. The number of aromatic nitrogens is 1. The molecule has 1 amide bonds. The number of hydrogen-bond donors (Lipinski definition) is 1. The van der Waals surface area contributed by atoms with Crippen LogP contribution < -0.4 is 14.8 Å². The number of oxazole rings is 1. The Bertz CT molecular complexity index is 889. The maximum absolute atomic E-state index is 12.1. The second kappa shape index (κ2) is 9.60. The monoisotopic (exact) mass is 380 g/mol. The average molecular weight is 380 g/mol. The summed E-state index contributed by atoms with van der Waals surface area (Å²) >= 11 is 0. The molecule has 0 fully saturated rings. The third-order valence-corrected chi connectivity index (χ3v) is 4.25. The fourth-order valence-corrected chi connectivity index (χ4v) is 2.72. The molecule has 0 saturated heterocycles. The van der Waals surface area contributed by atoms with Gasteiger partial charge in [-0.3, -0.25) is 4.79 Å². The van der Waals surface area contributed by atoms with E-state index >= 15 is 0 Å². The van der Waals surface area contributed by atoms with Crippen LogP contribution in [-0.4, -0.2) is 31.2 Å². The van der Waals surface area contributed by atoms with E-state index in [1.54, 1.807) is 7.11 Å². The maximum atomic E-state index is 12.1. The van der Waals surface area contributed by atoms with Crippen LogP contribution in [0.5, 0.6) is 11.5 Å². The predicted molar refractivity (Wildman–Crippen MR) is 106 cm³/mol. The van der Waals surface area contributed by atoms with Crippen LogP contribution in [0.3, 0.4) is 0 Å². The molecule has 0 saturated carbocycles. The molecule has 3 rings (SSSR count). The van der Waals surface area contributed by atoms with Crippen molar-refractivity contribution < 1.29 is 18.7 Å². The number of methoxy groups -OCH3 is 1. The number of nitrogens with zero attached hydrogens (tertiary/aromatic N) is 1. The van der Waals surface area contributed by atoms with Crippen LogP contribution in [0.25, 0.3) is 11.5 Å². The summed E-state index contributed by atoms with van der Waals surface area (Å²) in [6.45, 7) is 2.71. The van der Waals surface area contributed by atoms with Crippen molar-refractivity contribution in [3.8, 4) is 23.0 Å². The van der Waals surface area contributed by atoms with Crippen LogP contribution in [0.1, 0.15) is 17.9 Å². The number of nitrogens with one attached hydrogen (secondary N) is 1. The SMILES string of the molecule is COc1ccc(OCCNC(=O)CCc2nc(-c3ccccc3)oc2C)cc1. The highest BCUT2D eigenvalue weighted by atomic mass is 16.5. The van der Waals surface area contributed by atoms with Gasteiger partial charge in [-0.2, -0.15) is 0 Å². The lowest BCUT2D eigenvalue weighted by Crippen LogP contribution is -2.28. The fourth-order valence-electron chi connectivity index (χ4n) is 2.72. The Morgan fingerprint density at radius 2 is 1.79 bits per heavy atom. The second-order valence-corrected chi connectivity index (χ2v) is 6.26. The molecule has 1 heterocycles. The van der Waals surface area contributed by atoms with Crippen molar-refractivity contribution in [3.05, 3.63) is 66.1 Å². The van der Waals surface area contributed by atoms with Crippen molar-refractivity contribution in [2.24, 2.45) is 0 Å². The molecule has 6 heteroatoms. The summed E-state index contributed by atoms with van der Waals surface area (Å²) in [5.41, 5.74) is 1.74. The van der Waals surface area contributed by atoms with Crippen LogP contribution in [0, 0.1) is 6.92 Å². The van der Waals surface area contributed by atoms with Crippen molar-refractivity contribution in [2.75, 3.05) is 20.3 Å². The van der Waals surface area contributed by atoms with Gasteiger partial charge in [0.2, 0.25) is 11.8 Å². The first-order valence-electron chi connectivity index (χ1n) is 9.21. The normalized spacial score (nSPS) is 10.5. The van der Waals surface area contributed by atoms with E-state index in [2.05, 4.69) is 10.3 Å². The topological polar surface area (TPSA) is 73.6 Å². The molecule has 0 aliphatic carbocycles. The summed E-state index contributed by atoms with van der Waals surface area (Å²) in [4.78, 5) is 16.6. The lowest BCUT2D eigenvalue weighted by molar-refractivity contribution is -0.121. The van der Waals surface area contributed by atoms with Gasteiger partial charge in [0.15, 0.2) is 0 Å². The van der Waals surface area contributed by atoms with E-state index in [9.17, 15) is 4.79 Å². The van der Waals surface area contributed by atoms with Gasteiger partial charge < -0.3 is 19.2 Å². The van der Waals surface area contributed by atoms with Gasteiger partial charge in [-0.1, -0.05) is 18.2 Å². The lowest BCUT2D eigenvalue weighted by atomic mass is 10.2. The zero-order valence-electron chi connectivity index (χ0n) is 16.1. The number of benzene rings is 2. The quantitative estimate of drug-likeness (QED) is 0.572. The first-order chi connectivity index (χ1) is 13.7. The van der Waals surface area contributed by atoms with Gasteiger partial charge in [0.25, 0.3) is 0 Å². The number of ether oxygens (including phenoxy) is 2. The number of hydrogen-bond acceptors (Lipinski definition) is 5. The van der Waals surface area contributed by atoms with Crippen molar-refractivity contribution in [1.29, 1.82) is 0 Å². The largest absolute Gasteiger partial charge is 0.497 e. The minimum Gasteiger partial charge on any atom is -0.497 e. The van der Waals surface area contributed by atoms with E-state index < -0.39 is 0 Å². The molecule has 1 aromatic heterocycles. The Morgan fingerprint density at radius 1 is 1.07 bits per heavy atom. The van der Waals surface area contributed by atoms with Crippen molar-refractivity contribution in [3.63, 3.8) is 0 Å². The van der Waals surface area contributed by atoms with Crippen LogP contribution in [0.2, 0.25) is 0 Å². The molecule has 0 unspecified atom stereocenters. The summed E-state index contributed by atoms with van der Waals surface area (Å²) in [6.07, 6.45) is 0.886. The molecule has 0 atom stereocenters. The third kappa shape index (κ3) is 5.36. The van der Waals surface area contributed by atoms with Crippen molar-refractivity contribution in [1.82, 2.24) is 10.3 Å². The summed E-state index contributed by atoms with van der Waals surface area (Å²) in [7, 11) is 1.62. The zero-order valence-corrected chi connectivity index (χ0v) is 16.1. The van der Waals surface area contributed by atoms with Gasteiger partial charge in [0.1, 0.15) is 23.9 Å². The van der Waals surface area contributed by atoms with Crippen molar-refractivity contribution in [2.45, 2.75) is 19.8 Å². The van der Waals surface area contributed by atoms with Crippen LogP contribution >= 0.6 is 0 Å². The van der Waals surface area contributed by atoms with E-state index in [0.29, 0.717) is 31.9 Å². The van der Waals surface area contributed by atoms with Gasteiger partial charge in [-0.25, -0.2) is 4.98 Å². The first kappa shape index (κ1) is 19.5. The highest BCUT2D eigenvalue weighted by molar-refractivity contribution is 5.76. The standard InChI is InChI=1S/C22H24N2O4/c1-16-20(24-22(28-16)17-6-4-3-5-7-17)12-13-21(25)23-14-15-27-19-10-8-18(26-2)9-11-19/h3-11H,12-15H2,1-2H3,(H,23,25). The minimum atomic E-state index is -0.0398. The molecule has 0 aliphatic rings. The van der Waals surface area contributed by atoms with Gasteiger partial charge in [0, 0.05) is 18.4 Å². The summed E-state index contributed by atoms with van der Waals surface area (Å²) in [5.74, 6) is 2.80. The van der Waals surface area contributed by atoms with E-state index in [4.69, 9.17) is 13.9 Å².